The van der Waals surface area contributed by atoms with Crippen molar-refractivity contribution in [1.82, 2.24) is 4.98 Å². The van der Waals surface area contributed by atoms with Crippen LogP contribution in [-0.4, -0.2) is 16.1 Å². The van der Waals surface area contributed by atoms with Gasteiger partial charge in [-0.05, 0) is 31.2 Å². The molecule has 1 amide bonds. The van der Waals surface area contributed by atoms with E-state index in [1.807, 2.05) is 55.5 Å². The van der Waals surface area contributed by atoms with E-state index in [0.29, 0.717) is 10.7 Å². The van der Waals surface area contributed by atoms with Gasteiger partial charge >= 0.3 is 0 Å². The molecular weight excluding hydrogens is 328 g/mol. The molecule has 0 aliphatic heterocycles. The SMILES string of the molecule is CC(Sc1ccc2ccccc2n1)C(=O)Nc1ccccc1Cl. The largest absolute Gasteiger partial charge is 0.324 e. The Bertz CT molecular complexity index is 853. The summed E-state index contributed by atoms with van der Waals surface area (Å²) in [6.07, 6.45) is 0. The van der Waals surface area contributed by atoms with E-state index in [9.17, 15) is 4.79 Å². The maximum absolute atomic E-state index is 12.3. The number of nitrogens with zero attached hydrogens (tertiary/aromatic N) is 1. The van der Waals surface area contributed by atoms with Crippen LogP contribution in [0.5, 0.6) is 0 Å². The van der Waals surface area contributed by atoms with Gasteiger partial charge in [0.25, 0.3) is 0 Å². The van der Waals surface area contributed by atoms with Crippen LogP contribution in [0.1, 0.15) is 6.92 Å². The third kappa shape index (κ3) is 3.84. The molecule has 1 unspecified atom stereocenters. The van der Waals surface area contributed by atoms with Gasteiger partial charge in [-0.1, -0.05) is 59.8 Å². The minimum Gasteiger partial charge on any atom is -0.324 e. The van der Waals surface area contributed by atoms with Gasteiger partial charge in [0.15, 0.2) is 0 Å². The van der Waals surface area contributed by atoms with Crippen LogP contribution in [0.25, 0.3) is 10.9 Å². The summed E-state index contributed by atoms with van der Waals surface area (Å²) in [5.74, 6) is -0.0990. The lowest BCUT2D eigenvalue weighted by atomic mass is 10.2. The van der Waals surface area contributed by atoms with E-state index in [1.165, 1.54) is 11.8 Å². The Morgan fingerprint density at radius 2 is 1.83 bits per heavy atom. The molecule has 3 nitrogen and oxygen atoms in total. The zero-order chi connectivity index (χ0) is 16.2. The van der Waals surface area contributed by atoms with Crippen molar-refractivity contribution in [2.75, 3.05) is 5.32 Å². The zero-order valence-corrected chi connectivity index (χ0v) is 14.1. The molecule has 1 aromatic heterocycles. The van der Waals surface area contributed by atoms with Crippen molar-refractivity contribution in [3.8, 4) is 0 Å². The number of benzene rings is 2. The molecule has 0 bridgehead atoms. The summed E-state index contributed by atoms with van der Waals surface area (Å²) < 4.78 is 0. The highest BCUT2D eigenvalue weighted by molar-refractivity contribution is 8.00. The highest BCUT2D eigenvalue weighted by Crippen LogP contribution is 2.26. The van der Waals surface area contributed by atoms with Gasteiger partial charge < -0.3 is 5.32 Å². The summed E-state index contributed by atoms with van der Waals surface area (Å²) in [5, 5.41) is 5.01. The van der Waals surface area contributed by atoms with Gasteiger partial charge in [-0.25, -0.2) is 4.98 Å². The van der Waals surface area contributed by atoms with E-state index in [2.05, 4.69) is 10.3 Å². The third-order valence-electron chi connectivity index (χ3n) is 3.37. The number of pyridine rings is 1. The molecule has 0 radical (unpaired) electrons. The Kier molecular flexibility index (Phi) is 4.84. The number of carbonyl (C=O) groups excluding carboxylic acids is 1. The number of hydrogen-bond acceptors (Lipinski definition) is 3. The number of aromatic nitrogens is 1. The second-order valence-corrected chi connectivity index (χ2v) is 6.84. The Hall–Kier alpha value is -2.04. The average Bonchev–Trinajstić information content (AvgIpc) is 2.56. The van der Waals surface area contributed by atoms with Crippen molar-refractivity contribution in [3.05, 3.63) is 65.7 Å². The van der Waals surface area contributed by atoms with Gasteiger partial charge in [0.2, 0.25) is 5.91 Å². The third-order valence-corrected chi connectivity index (χ3v) is 4.74. The molecule has 5 heteroatoms. The number of fused-ring (bicyclic) bond motifs is 1. The van der Waals surface area contributed by atoms with Gasteiger partial charge in [0.1, 0.15) is 0 Å². The standard InChI is InChI=1S/C18H15ClN2OS/c1-12(18(22)21-16-9-5-3-7-14(16)19)23-17-11-10-13-6-2-4-8-15(13)20-17/h2-12H,1H3,(H,21,22). The van der Waals surface area contributed by atoms with E-state index in [-0.39, 0.29) is 11.2 Å². The van der Waals surface area contributed by atoms with E-state index in [1.54, 1.807) is 12.1 Å². The summed E-state index contributed by atoms with van der Waals surface area (Å²) in [6, 6.07) is 19.1. The lowest BCUT2D eigenvalue weighted by Crippen LogP contribution is -2.22. The molecule has 0 saturated carbocycles. The number of para-hydroxylation sites is 2. The monoisotopic (exact) mass is 342 g/mol. The van der Waals surface area contributed by atoms with Crippen molar-refractivity contribution in [3.63, 3.8) is 0 Å². The van der Waals surface area contributed by atoms with Gasteiger partial charge in [0, 0.05) is 5.39 Å². The highest BCUT2D eigenvalue weighted by atomic mass is 35.5. The number of thioether (sulfide) groups is 1. The molecule has 0 fully saturated rings. The lowest BCUT2D eigenvalue weighted by Gasteiger charge is -2.12. The second-order valence-electron chi connectivity index (χ2n) is 5.07. The minimum atomic E-state index is -0.278. The first-order valence-corrected chi connectivity index (χ1v) is 8.47. The molecule has 3 aromatic rings. The van der Waals surface area contributed by atoms with Crippen molar-refractivity contribution in [1.29, 1.82) is 0 Å². The summed E-state index contributed by atoms with van der Waals surface area (Å²) in [5.41, 5.74) is 1.55. The van der Waals surface area contributed by atoms with Crippen LogP contribution in [-0.2, 0) is 4.79 Å². The van der Waals surface area contributed by atoms with Crippen molar-refractivity contribution in [2.24, 2.45) is 0 Å². The number of halogens is 1. The molecule has 0 aliphatic rings. The fourth-order valence-electron chi connectivity index (χ4n) is 2.14. The van der Waals surface area contributed by atoms with Crippen LogP contribution in [0.15, 0.2) is 65.7 Å². The lowest BCUT2D eigenvalue weighted by molar-refractivity contribution is -0.115. The van der Waals surface area contributed by atoms with Gasteiger partial charge in [-0.15, -0.1) is 0 Å². The molecule has 0 aliphatic carbocycles. The zero-order valence-electron chi connectivity index (χ0n) is 12.5. The normalized spacial score (nSPS) is 12.1. The minimum absolute atomic E-state index is 0.0990. The Balaban J connectivity index is 1.71. The molecule has 23 heavy (non-hydrogen) atoms. The number of amides is 1. The van der Waals surface area contributed by atoms with Crippen molar-refractivity contribution >= 4 is 45.9 Å². The quantitative estimate of drug-likeness (QED) is 0.678. The summed E-state index contributed by atoms with van der Waals surface area (Å²) in [4.78, 5) is 16.9. The van der Waals surface area contributed by atoms with Gasteiger partial charge in [-0.3, -0.25) is 4.79 Å². The number of nitrogens with one attached hydrogen (secondary N) is 1. The van der Waals surface area contributed by atoms with Crippen LogP contribution in [0.3, 0.4) is 0 Å². The summed E-state index contributed by atoms with van der Waals surface area (Å²) in [6.45, 7) is 1.85. The first-order chi connectivity index (χ1) is 11.1. The number of hydrogen-bond donors (Lipinski definition) is 1. The average molecular weight is 343 g/mol. The molecule has 0 saturated heterocycles. The number of rotatable bonds is 4. The van der Waals surface area contributed by atoms with E-state index in [0.717, 1.165) is 15.9 Å². The van der Waals surface area contributed by atoms with Crippen LogP contribution >= 0.6 is 23.4 Å². The highest BCUT2D eigenvalue weighted by Gasteiger charge is 2.16. The smallest absolute Gasteiger partial charge is 0.237 e. The van der Waals surface area contributed by atoms with Crippen LogP contribution in [0.4, 0.5) is 5.69 Å². The number of anilines is 1. The molecule has 116 valence electrons. The van der Waals surface area contributed by atoms with Crippen LogP contribution in [0, 0.1) is 0 Å². The molecule has 2 aromatic carbocycles. The van der Waals surface area contributed by atoms with E-state index in [4.69, 9.17) is 11.6 Å². The second kappa shape index (κ2) is 7.02. The molecule has 1 N–H and O–H groups in total. The Labute approximate surface area is 144 Å². The predicted octanol–water partition coefficient (Wildman–Crippen LogP) is 5.01. The topological polar surface area (TPSA) is 42.0 Å². The van der Waals surface area contributed by atoms with E-state index < -0.39 is 0 Å². The Morgan fingerprint density at radius 1 is 1.09 bits per heavy atom. The van der Waals surface area contributed by atoms with Crippen LogP contribution < -0.4 is 5.32 Å². The number of carbonyl (C=O) groups is 1. The molecule has 1 atom stereocenters. The first kappa shape index (κ1) is 15.8. The van der Waals surface area contributed by atoms with Gasteiger partial charge in [0.05, 0.1) is 26.5 Å². The molecule has 0 spiro atoms. The summed E-state index contributed by atoms with van der Waals surface area (Å²) in [7, 11) is 0. The maximum Gasteiger partial charge on any atom is 0.237 e. The molecule has 3 rings (SSSR count). The van der Waals surface area contributed by atoms with Crippen molar-refractivity contribution < 1.29 is 4.79 Å². The fourth-order valence-corrected chi connectivity index (χ4v) is 3.15. The summed E-state index contributed by atoms with van der Waals surface area (Å²) >= 11 is 7.49. The molecular formula is C18H15ClN2OS. The van der Waals surface area contributed by atoms with E-state index >= 15 is 0 Å². The first-order valence-electron chi connectivity index (χ1n) is 7.21. The van der Waals surface area contributed by atoms with Crippen molar-refractivity contribution in [2.45, 2.75) is 17.2 Å². The molecule has 1 heterocycles. The Morgan fingerprint density at radius 3 is 2.65 bits per heavy atom. The predicted molar refractivity (Wildman–Crippen MR) is 97.1 cm³/mol. The van der Waals surface area contributed by atoms with Gasteiger partial charge in [-0.2, -0.15) is 0 Å². The maximum atomic E-state index is 12.3. The van der Waals surface area contributed by atoms with Crippen LogP contribution in [0.2, 0.25) is 5.02 Å². The fraction of sp³-hybridized carbons (Fsp3) is 0.111.